The summed E-state index contributed by atoms with van der Waals surface area (Å²) in [5, 5.41) is 6.30. The standard InChI is InChI=1S/C15H25N3O/c1-6-17-13(12-7-9-16-10-8-12)14(19)18-11(2)15(3,4)5/h7-11,13,17H,6H2,1-5H3,(H,18,19). The van der Waals surface area contributed by atoms with Crippen molar-refractivity contribution in [3.63, 3.8) is 0 Å². The number of amides is 1. The molecule has 4 nitrogen and oxygen atoms in total. The Morgan fingerprint density at radius 2 is 1.89 bits per heavy atom. The fraction of sp³-hybridized carbons (Fsp3) is 0.600. The lowest BCUT2D eigenvalue weighted by Crippen LogP contribution is -2.46. The Kier molecular flexibility index (Phi) is 5.48. The lowest BCUT2D eigenvalue weighted by Gasteiger charge is -2.30. The van der Waals surface area contributed by atoms with Gasteiger partial charge in [-0.05, 0) is 36.6 Å². The molecule has 0 fully saturated rings. The van der Waals surface area contributed by atoms with E-state index in [-0.39, 0.29) is 23.4 Å². The van der Waals surface area contributed by atoms with Gasteiger partial charge in [-0.25, -0.2) is 0 Å². The molecular formula is C15H25N3O. The van der Waals surface area contributed by atoms with Crippen LogP contribution in [0.15, 0.2) is 24.5 Å². The fourth-order valence-electron chi connectivity index (χ4n) is 1.64. The van der Waals surface area contributed by atoms with Gasteiger partial charge in [0, 0.05) is 18.4 Å². The fourth-order valence-corrected chi connectivity index (χ4v) is 1.64. The zero-order valence-electron chi connectivity index (χ0n) is 12.5. The molecule has 2 N–H and O–H groups in total. The number of nitrogens with one attached hydrogen (secondary N) is 2. The molecule has 0 saturated heterocycles. The van der Waals surface area contributed by atoms with Gasteiger partial charge < -0.3 is 10.6 Å². The van der Waals surface area contributed by atoms with Crippen LogP contribution in [0.4, 0.5) is 0 Å². The van der Waals surface area contributed by atoms with Gasteiger partial charge in [0.2, 0.25) is 5.91 Å². The monoisotopic (exact) mass is 263 g/mol. The molecule has 0 aliphatic carbocycles. The van der Waals surface area contributed by atoms with E-state index in [1.54, 1.807) is 12.4 Å². The molecule has 19 heavy (non-hydrogen) atoms. The van der Waals surface area contributed by atoms with Crippen molar-refractivity contribution >= 4 is 5.91 Å². The second-order valence-electron chi connectivity index (χ2n) is 5.87. The molecule has 0 radical (unpaired) electrons. The van der Waals surface area contributed by atoms with Crippen LogP contribution in [0, 0.1) is 5.41 Å². The van der Waals surface area contributed by atoms with Gasteiger partial charge in [-0.2, -0.15) is 0 Å². The first-order valence-corrected chi connectivity index (χ1v) is 6.80. The highest BCUT2D eigenvalue weighted by Crippen LogP contribution is 2.20. The second-order valence-corrected chi connectivity index (χ2v) is 5.87. The van der Waals surface area contributed by atoms with Crippen molar-refractivity contribution in [1.82, 2.24) is 15.6 Å². The van der Waals surface area contributed by atoms with Crippen molar-refractivity contribution in [2.45, 2.75) is 46.7 Å². The third-order valence-electron chi connectivity index (χ3n) is 3.37. The molecule has 0 aliphatic rings. The Labute approximate surface area is 116 Å². The van der Waals surface area contributed by atoms with Crippen molar-refractivity contribution in [1.29, 1.82) is 0 Å². The molecule has 1 aromatic rings. The first kappa shape index (κ1) is 15.6. The molecule has 1 amide bonds. The van der Waals surface area contributed by atoms with E-state index in [1.165, 1.54) is 0 Å². The van der Waals surface area contributed by atoms with Crippen LogP contribution in [-0.2, 0) is 4.79 Å². The van der Waals surface area contributed by atoms with Crippen LogP contribution >= 0.6 is 0 Å². The first-order chi connectivity index (χ1) is 8.86. The number of carbonyl (C=O) groups is 1. The lowest BCUT2D eigenvalue weighted by atomic mass is 9.88. The van der Waals surface area contributed by atoms with Gasteiger partial charge in [0.1, 0.15) is 6.04 Å². The van der Waals surface area contributed by atoms with Gasteiger partial charge in [-0.3, -0.25) is 9.78 Å². The first-order valence-electron chi connectivity index (χ1n) is 6.80. The van der Waals surface area contributed by atoms with E-state index in [0.717, 1.165) is 12.1 Å². The highest BCUT2D eigenvalue weighted by molar-refractivity contribution is 5.83. The highest BCUT2D eigenvalue weighted by atomic mass is 16.2. The van der Waals surface area contributed by atoms with Gasteiger partial charge >= 0.3 is 0 Å². The summed E-state index contributed by atoms with van der Waals surface area (Å²) in [6.07, 6.45) is 3.42. The molecule has 1 heterocycles. The summed E-state index contributed by atoms with van der Waals surface area (Å²) in [5.41, 5.74) is 0.987. The van der Waals surface area contributed by atoms with Crippen molar-refractivity contribution in [2.24, 2.45) is 5.41 Å². The normalized spacial score (nSPS) is 14.8. The van der Waals surface area contributed by atoms with Gasteiger partial charge in [0.25, 0.3) is 0 Å². The molecule has 1 rings (SSSR count). The molecule has 2 unspecified atom stereocenters. The van der Waals surface area contributed by atoms with Crippen molar-refractivity contribution < 1.29 is 4.79 Å². The zero-order chi connectivity index (χ0) is 14.5. The third kappa shape index (κ3) is 4.63. The predicted molar refractivity (Wildman–Crippen MR) is 77.7 cm³/mol. The third-order valence-corrected chi connectivity index (χ3v) is 3.37. The lowest BCUT2D eigenvalue weighted by molar-refractivity contribution is -0.124. The van der Waals surface area contributed by atoms with Crippen molar-refractivity contribution in [2.75, 3.05) is 6.54 Å². The van der Waals surface area contributed by atoms with Crippen LogP contribution in [0.2, 0.25) is 0 Å². The van der Waals surface area contributed by atoms with E-state index in [9.17, 15) is 4.79 Å². The van der Waals surface area contributed by atoms with Gasteiger partial charge in [-0.1, -0.05) is 27.7 Å². The van der Waals surface area contributed by atoms with Gasteiger partial charge in [0.05, 0.1) is 0 Å². The number of carbonyl (C=O) groups excluding carboxylic acids is 1. The van der Waals surface area contributed by atoms with Gasteiger partial charge in [0.15, 0.2) is 0 Å². The topological polar surface area (TPSA) is 54.0 Å². The van der Waals surface area contributed by atoms with E-state index >= 15 is 0 Å². The summed E-state index contributed by atoms with van der Waals surface area (Å²) in [6.45, 7) is 11.1. The van der Waals surface area contributed by atoms with E-state index in [0.29, 0.717) is 0 Å². The van der Waals surface area contributed by atoms with Crippen LogP contribution < -0.4 is 10.6 Å². The minimum Gasteiger partial charge on any atom is -0.351 e. The number of hydrogen-bond donors (Lipinski definition) is 2. The Morgan fingerprint density at radius 1 is 1.32 bits per heavy atom. The molecule has 0 saturated carbocycles. The summed E-state index contributed by atoms with van der Waals surface area (Å²) in [4.78, 5) is 16.4. The number of rotatable bonds is 5. The average Bonchev–Trinajstić information content (AvgIpc) is 2.35. The van der Waals surface area contributed by atoms with E-state index in [1.807, 2.05) is 26.0 Å². The SMILES string of the molecule is CCNC(C(=O)NC(C)C(C)(C)C)c1ccncc1. The quantitative estimate of drug-likeness (QED) is 0.857. The van der Waals surface area contributed by atoms with E-state index in [4.69, 9.17) is 0 Å². The smallest absolute Gasteiger partial charge is 0.241 e. The molecule has 0 spiro atoms. The summed E-state index contributed by atoms with van der Waals surface area (Å²) >= 11 is 0. The Balaban J connectivity index is 2.80. The molecule has 4 heteroatoms. The summed E-state index contributed by atoms with van der Waals surface area (Å²) < 4.78 is 0. The van der Waals surface area contributed by atoms with Crippen LogP contribution in [0.1, 0.15) is 46.2 Å². The molecular weight excluding hydrogens is 238 g/mol. The number of hydrogen-bond acceptors (Lipinski definition) is 3. The van der Waals surface area contributed by atoms with Gasteiger partial charge in [-0.15, -0.1) is 0 Å². The maximum absolute atomic E-state index is 12.4. The number of pyridine rings is 1. The van der Waals surface area contributed by atoms with Crippen molar-refractivity contribution in [3.05, 3.63) is 30.1 Å². The summed E-state index contributed by atoms with van der Waals surface area (Å²) in [6, 6.07) is 3.53. The minimum atomic E-state index is -0.321. The largest absolute Gasteiger partial charge is 0.351 e. The Bertz CT molecular complexity index is 398. The number of likely N-dealkylation sites (N-methyl/N-ethyl adjacent to an activating group) is 1. The minimum absolute atomic E-state index is 0.00970. The van der Waals surface area contributed by atoms with Crippen molar-refractivity contribution in [3.8, 4) is 0 Å². The molecule has 2 atom stereocenters. The summed E-state index contributed by atoms with van der Waals surface area (Å²) in [7, 11) is 0. The van der Waals surface area contributed by atoms with E-state index < -0.39 is 0 Å². The number of aromatic nitrogens is 1. The highest BCUT2D eigenvalue weighted by Gasteiger charge is 2.26. The average molecular weight is 263 g/mol. The summed E-state index contributed by atoms with van der Waals surface area (Å²) in [5.74, 6) is 0.00970. The predicted octanol–water partition coefficient (Wildman–Crippen LogP) is 2.28. The van der Waals surface area contributed by atoms with Crippen LogP contribution in [0.25, 0.3) is 0 Å². The molecule has 0 aliphatic heterocycles. The molecule has 1 aromatic heterocycles. The zero-order valence-corrected chi connectivity index (χ0v) is 12.5. The van der Waals surface area contributed by atoms with Crippen LogP contribution in [0.3, 0.4) is 0 Å². The second kappa shape index (κ2) is 6.66. The maximum Gasteiger partial charge on any atom is 0.241 e. The Morgan fingerprint density at radius 3 is 2.37 bits per heavy atom. The number of nitrogens with zero attached hydrogens (tertiary/aromatic N) is 1. The molecule has 0 bridgehead atoms. The van der Waals surface area contributed by atoms with Crippen LogP contribution in [-0.4, -0.2) is 23.5 Å². The maximum atomic E-state index is 12.4. The Hall–Kier alpha value is -1.42. The van der Waals surface area contributed by atoms with Crippen LogP contribution in [0.5, 0.6) is 0 Å². The molecule has 0 aromatic carbocycles. The van der Waals surface area contributed by atoms with E-state index in [2.05, 4.69) is 36.4 Å². The molecule has 106 valence electrons.